The number of pyridine rings is 1. The Hall–Kier alpha value is -2.08. The summed E-state index contributed by atoms with van der Waals surface area (Å²) in [6.07, 6.45) is 15.9. The summed E-state index contributed by atoms with van der Waals surface area (Å²) >= 11 is 1.73. The van der Waals surface area contributed by atoms with Crippen LogP contribution in [0.1, 0.15) is 50.0 Å². The Morgan fingerprint density at radius 3 is 2.57 bits per heavy atom. The Balaban J connectivity index is 1.22. The molecule has 0 amide bonds. The van der Waals surface area contributed by atoms with Crippen LogP contribution in [0.5, 0.6) is 0 Å². The molecule has 4 aliphatic carbocycles. The molecule has 4 saturated carbocycles. The molecule has 3 aromatic heterocycles. The van der Waals surface area contributed by atoms with Crippen molar-refractivity contribution in [3.63, 3.8) is 0 Å². The average molecular weight is 420 g/mol. The van der Waals surface area contributed by atoms with Crippen molar-refractivity contribution in [2.75, 3.05) is 0 Å². The van der Waals surface area contributed by atoms with Gasteiger partial charge in [0.2, 0.25) is 0 Å². The molecule has 4 fully saturated rings. The van der Waals surface area contributed by atoms with Gasteiger partial charge in [0, 0.05) is 31.1 Å². The number of allylic oxidation sites excluding steroid dienone is 1. The molecule has 0 aromatic carbocycles. The normalized spacial score (nSPS) is 29.7. The second-order valence-electron chi connectivity index (χ2n) is 9.88. The van der Waals surface area contributed by atoms with E-state index in [4.69, 9.17) is 4.98 Å². The predicted molar refractivity (Wildman–Crippen MR) is 119 cm³/mol. The van der Waals surface area contributed by atoms with E-state index in [9.17, 15) is 0 Å². The zero-order valence-corrected chi connectivity index (χ0v) is 18.2. The summed E-state index contributed by atoms with van der Waals surface area (Å²) in [7, 11) is 0. The van der Waals surface area contributed by atoms with Crippen LogP contribution in [0.2, 0.25) is 0 Å². The highest BCUT2D eigenvalue weighted by Crippen LogP contribution is 2.61. The fraction of sp³-hybridized carbons (Fsp3) is 0.542. The molecule has 7 rings (SSSR count). The van der Waals surface area contributed by atoms with E-state index < -0.39 is 0 Å². The molecule has 4 aliphatic rings. The summed E-state index contributed by atoms with van der Waals surface area (Å²) in [6.45, 7) is 4.77. The summed E-state index contributed by atoms with van der Waals surface area (Å²) in [5.41, 5.74) is 2.54. The molecule has 4 bridgehead atoms. The molecule has 0 saturated heterocycles. The van der Waals surface area contributed by atoms with Gasteiger partial charge in [0.15, 0.2) is 5.16 Å². The topological polar surface area (TPSA) is 48.0 Å². The molecule has 0 radical (unpaired) electrons. The number of imidazole rings is 1. The number of nitrogens with zero attached hydrogens (tertiary/aromatic N) is 5. The van der Waals surface area contributed by atoms with Crippen molar-refractivity contribution >= 4 is 17.4 Å². The minimum absolute atomic E-state index is 0.476. The summed E-state index contributed by atoms with van der Waals surface area (Å²) in [5.74, 6) is 4.87. The first-order valence-electron chi connectivity index (χ1n) is 11.3. The van der Waals surface area contributed by atoms with Gasteiger partial charge in [0.05, 0.1) is 5.69 Å². The maximum Gasteiger partial charge on any atom is 0.191 e. The van der Waals surface area contributed by atoms with Gasteiger partial charge in [-0.3, -0.25) is 0 Å². The molecular weight excluding hydrogens is 390 g/mol. The maximum absolute atomic E-state index is 4.72. The third-order valence-electron chi connectivity index (χ3n) is 7.57. The van der Waals surface area contributed by atoms with Gasteiger partial charge in [-0.05, 0) is 73.8 Å². The van der Waals surface area contributed by atoms with Gasteiger partial charge in [0.25, 0.3) is 0 Å². The van der Waals surface area contributed by atoms with E-state index in [1.54, 1.807) is 11.8 Å². The fourth-order valence-electron chi connectivity index (χ4n) is 6.91. The van der Waals surface area contributed by atoms with Gasteiger partial charge in [-0.1, -0.05) is 23.9 Å². The van der Waals surface area contributed by atoms with Crippen molar-refractivity contribution in [3.05, 3.63) is 54.8 Å². The molecule has 3 heterocycles. The summed E-state index contributed by atoms with van der Waals surface area (Å²) < 4.78 is 4.37. The third kappa shape index (κ3) is 3.29. The van der Waals surface area contributed by atoms with E-state index in [1.807, 2.05) is 30.5 Å². The maximum atomic E-state index is 4.72. The molecule has 0 N–H and O–H groups in total. The number of hydrogen-bond acceptors (Lipinski definition) is 4. The average Bonchev–Trinajstić information content (AvgIpc) is 3.29. The molecule has 0 spiro atoms. The first-order chi connectivity index (χ1) is 14.7. The van der Waals surface area contributed by atoms with Crippen LogP contribution in [0.4, 0.5) is 0 Å². The Morgan fingerprint density at radius 2 is 1.87 bits per heavy atom. The molecule has 3 aromatic rings. The Morgan fingerprint density at radius 1 is 1.10 bits per heavy atom. The number of rotatable bonds is 7. The molecular formula is C24H29N5S. The SMILES string of the molecule is C=CCn1c(CC23CC4CC(CC(C4)C2)C3)nnc1SCc1cn2ccccc2n1. The largest absolute Gasteiger partial charge is 0.307 e. The Labute approximate surface area is 182 Å². The van der Waals surface area contributed by atoms with Crippen LogP contribution in [-0.4, -0.2) is 24.1 Å². The quantitative estimate of drug-likeness (QED) is 0.392. The van der Waals surface area contributed by atoms with Gasteiger partial charge in [-0.15, -0.1) is 16.8 Å². The highest BCUT2D eigenvalue weighted by Gasteiger charge is 2.51. The number of hydrogen-bond donors (Lipinski definition) is 0. The molecule has 6 heteroatoms. The Kier molecular flexibility index (Phi) is 4.52. The van der Waals surface area contributed by atoms with Crippen molar-refractivity contribution in [2.45, 2.75) is 62.4 Å². The van der Waals surface area contributed by atoms with E-state index in [0.29, 0.717) is 5.41 Å². The monoisotopic (exact) mass is 419 g/mol. The number of thioether (sulfide) groups is 1. The molecule has 5 nitrogen and oxygen atoms in total. The Bertz CT molecular complexity index is 1010. The molecule has 30 heavy (non-hydrogen) atoms. The van der Waals surface area contributed by atoms with Crippen LogP contribution in [0, 0.1) is 23.2 Å². The van der Waals surface area contributed by atoms with Crippen LogP contribution in [0.25, 0.3) is 5.65 Å². The van der Waals surface area contributed by atoms with Crippen molar-refractivity contribution in [2.24, 2.45) is 23.2 Å². The van der Waals surface area contributed by atoms with E-state index in [1.165, 1.54) is 38.5 Å². The fourth-order valence-corrected chi connectivity index (χ4v) is 7.76. The summed E-state index contributed by atoms with van der Waals surface area (Å²) in [6, 6.07) is 6.09. The molecule has 0 unspecified atom stereocenters. The van der Waals surface area contributed by atoms with Gasteiger partial charge in [-0.2, -0.15) is 0 Å². The van der Waals surface area contributed by atoms with Crippen molar-refractivity contribution in [3.8, 4) is 0 Å². The van der Waals surface area contributed by atoms with Crippen LogP contribution < -0.4 is 0 Å². The number of aromatic nitrogens is 5. The molecule has 0 atom stereocenters. The van der Waals surface area contributed by atoms with Gasteiger partial charge >= 0.3 is 0 Å². The lowest BCUT2D eigenvalue weighted by Gasteiger charge is -2.56. The van der Waals surface area contributed by atoms with E-state index >= 15 is 0 Å². The predicted octanol–water partition coefficient (Wildman–Crippen LogP) is 5.16. The summed E-state index contributed by atoms with van der Waals surface area (Å²) in [4.78, 5) is 4.72. The first-order valence-corrected chi connectivity index (χ1v) is 12.3. The number of fused-ring (bicyclic) bond motifs is 1. The van der Waals surface area contributed by atoms with Crippen LogP contribution in [-0.2, 0) is 18.7 Å². The highest BCUT2D eigenvalue weighted by atomic mass is 32.2. The summed E-state index contributed by atoms with van der Waals surface area (Å²) in [5, 5.41) is 10.3. The van der Waals surface area contributed by atoms with E-state index in [0.717, 1.165) is 58.8 Å². The smallest absolute Gasteiger partial charge is 0.191 e. The van der Waals surface area contributed by atoms with Crippen molar-refractivity contribution in [1.29, 1.82) is 0 Å². The molecule has 156 valence electrons. The zero-order chi connectivity index (χ0) is 20.1. The van der Waals surface area contributed by atoms with Gasteiger partial charge < -0.3 is 8.97 Å². The van der Waals surface area contributed by atoms with E-state index in [-0.39, 0.29) is 0 Å². The molecule has 0 aliphatic heterocycles. The standard InChI is InChI=1S/C24H29N5S/c1-2-6-29-22(14-24-11-17-8-18(12-24)10-19(9-17)13-24)26-27-23(29)30-16-20-15-28-7-4-3-5-21(28)25-20/h2-5,7,15,17-19H,1,6,8-14,16H2. The minimum Gasteiger partial charge on any atom is -0.307 e. The third-order valence-corrected chi connectivity index (χ3v) is 8.57. The van der Waals surface area contributed by atoms with Crippen LogP contribution in [0.15, 0.2) is 48.4 Å². The second kappa shape index (κ2) is 7.26. The first kappa shape index (κ1) is 18.7. The van der Waals surface area contributed by atoms with Crippen LogP contribution in [0.3, 0.4) is 0 Å². The van der Waals surface area contributed by atoms with Crippen molar-refractivity contribution < 1.29 is 0 Å². The lowest BCUT2D eigenvalue weighted by Crippen LogP contribution is -2.47. The lowest BCUT2D eigenvalue weighted by molar-refractivity contribution is -0.0535. The van der Waals surface area contributed by atoms with E-state index in [2.05, 4.69) is 31.9 Å². The van der Waals surface area contributed by atoms with Crippen LogP contribution >= 0.6 is 11.8 Å². The lowest BCUT2D eigenvalue weighted by atomic mass is 9.49. The minimum atomic E-state index is 0.476. The highest BCUT2D eigenvalue weighted by molar-refractivity contribution is 7.98. The van der Waals surface area contributed by atoms with Crippen molar-refractivity contribution in [1.82, 2.24) is 24.1 Å². The van der Waals surface area contributed by atoms with Gasteiger partial charge in [-0.25, -0.2) is 4.98 Å². The zero-order valence-electron chi connectivity index (χ0n) is 17.4. The van der Waals surface area contributed by atoms with Gasteiger partial charge in [0.1, 0.15) is 11.5 Å². The second-order valence-corrected chi connectivity index (χ2v) is 10.8.